The molecular weight excluding hydrogens is 196 g/mol. The molecule has 2 aliphatic rings. The lowest BCUT2D eigenvalue weighted by Gasteiger charge is -2.26. The molecule has 2 atom stereocenters. The first-order chi connectivity index (χ1) is 6.88. The van der Waals surface area contributed by atoms with E-state index in [-0.39, 0.29) is 0 Å². The Balaban J connectivity index is 1.69. The molecule has 2 heterocycles. The van der Waals surface area contributed by atoms with E-state index in [9.17, 15) is 0 Å². The van der Waals surface area contributed by atoms with E-state index >= 15 is 0 Å². The Morgan fingerprint density at radius 1 is 1.57 bits per heavy atom. The van der Waals surface area contributed by atoms with Crippen molar-refractivity contribution in [2.24, 2.45) is 0 Å². The van der Waals surface area contributed by atoms with Gasteiger partial charge in [-0.3, -0.25) is 4.90 Å². The Hall–Kier alpha value is 0.230. The van der Waals surface area contributed by atoms with Gasteiger partial charge in [-0.1, -0.05) is 0 Å². The summed E-state index contributed by atoms with van der Waals surface area (Å²) in [5, 5.41) is 4.25. The summed E-state index contributed by atoms with van der Waals surface area (Å²) in [5.74, 6) is 1.27. The van der Waals surface area contributed by atoms with Crippen LogP contribution in [0.15, 0.2) is 0 Å². The summed E-state index contributed by atoms with van der Waals surface area (Å²) in [6, 6.07) is 0. The van der Waals surface area contributed by atoms with Gasteiger partial charge < -0.3 is 10.1 Å². The maximum absolute atomic E-state index is 5.37. The molecule has 0 bridgehead atoms. The molecule has 0 aliphatic carbocycles. The zero-order chi connectivity index (χ0) is 9.80. The van der Waals surface area contributed by atoms with E-state index in [4.69, 9.17) is 4.74 Å². The van der Waals surface area contributed by atoms with Crippen molar-refractivity contribution in [3.63, 3.8) is 0 Å². The summed E-state index contributed by atoms with van der Waals surface area (Å²) in [5.41, 5.74) is 0. The fraction of sp³-hybridized carbons (Fsp3) is 1.00. The van der Waals surface area contributed by atoms with Crippen LogP contribution in [-0.2, 0) is 4.74 Å². The summed E-state index contributed by atoms with van der Waals surface area (Å²) < 4.78 is 5.37. The van der Waals surface area contributed by atoms with Gasteiger partial charge in [0.25, 0.3) is 0 Å². The molecule has 2 unspecified atom stereocenters. The minimum absolute atomic E-state index is 0.483. The molecule has 0 aromatic carbocycles. The quantitative estimate of drug-likeness (QED) is 0.738. The van der Waals surface area contributed by atoms with Crippen LogP contribution in [0.25, 0.3) is 0 Å². The lowest BCUT2D eigenvalue weighted by atomic mass is 10.3. The van der Waals surface area contributed by atoms with Crippen LogP contribution in [0.4, 0.5) is 0 Å². The second-order valence-electron chi connectivity index (χ2n) is 4.10. The van der Waals surface area contributed by atoms with Crippen molar-refractivity contribution >= 4 is 11.8 Å². The number of nitrogens with zero attached hydrogens (tertiary/aromatic N) is 1. The third-order valence-corrected chi connectivity index (χ3v) is 4.26. The molecule has 2 aliphatic heterocycles. The fourth-order valence-corrected chi connectivity index (χ4v) is 3.33. The van der Waals surface area contributed by atoms with Crippen LogP contribution in [0.3, 0.4) is 0 Å². The smallest absolute Gasteiger partial charge is 0.0710 e. The standard InChI is InChI=1S/C10H20N2OS/c1-13-9-2-4-12(7-9)8-10-6-11-3-5-14-10/h9-11H,2-8H2,1H3. The highest BCUT2D eigenvalue weighted by Gasteiger charge is 2.25. The number of ether oxygens (including phenoxy) is 1. The lowest BCUT2D eigenvalue weighted by Crippen LogP contribution is -2.40. The van der Waals surface area contributed by atoms with Crippen LogP contribution < -0.4 is 5.32 Å². The summed E-state index contributed by atoms with van der Waals surface area (Å²) in [7, 11) is 1.82. The van der Waals surface area contributed by atoms with Crippen molar-refractivity contribution in [3.05, 3.63) is 0 Å². The van der Waals surface area contributed by atoms with E-state index in [1.165, 1.54) is 38.4 Å². The number of nitrogens with one attached hydrogen (secondary N) is 1. The Labute approximate surface area is 90.6 Å². The number of methoxy groups -OCH3 is 1. The second-order valence-corrected chi connectivity index (χ2v) is 5.51. The highest BCUT2D eigenvalue weighted by atomic mass is 32.2. The van der Waals surface area contributed by atoms with Gasteiger partial charge in [0.15, 0.2) is 0 Å². The van der Waals surface area contributed by atoms with Crippen molar-refractivity contribution < 1.29 is 4.74 Å². The molecule has 0 aromatic rings. The highest BCUT2D eigenvalue weighted by molar-refractivity contribution is 8.00. The van der Waals surface area contributed by atoms with Crippen LogP contribution in [0.1, 0.15) is 6.42 Å². The van der Waals surface area contributed by atoms with Crippen LogP contribution in [0.5, 0.6) is 0 Å². The first-order valence-electron chi connectivity index (χ1n) is 5.46. The van der Waals surface area contributed by atoms with Gasteiger partial charge in [0.2, 0.25) is 0 Å². The molecule has 0 radical (unpaired) electrons. The van der Waals surface area contributed by atoms with E-state index in [1.807, 2.05) is 7.11 Å². The molecule has 0 saturated carbocycles. The Kier molecular flexibility index (Phi) is 4.10. The van der Waals surface area contributed by atoms with Gasteiger partial charge in [-0.25, -0.2) is 0 Å². The van der Waals surface area contributed by atoms with Gasteiger partial charge in [0.05, 0.1) is 6.10 Å². The van der Waals surface area contributed by atoms with Gasteiger partial charge >= 0.3 is 0 Å². The molecular formula is C10H20N2OS. The van der Waals surface area contributed by atoms with E-state index in [2.05, 4.69) is 22.0 Å². The van der Waals surface area contributed by atoms with E-state index in [1.54, 1.807) is 0 Å². The predicted octanol–water partition coefficient (Wildman–Crippen LogP) is 0.412. The van der Waals surface area contributed by atoms with Crippen LogP contribution >= 0.6 is 11.8 Å². The van der Waals surface area contributed by atoms with Gasteiger partial charge in [-0.05, 0) is 6.42 Å². The Morgan fingerprint density at radius 3 is 3.14 bits per heavy atom. The highest BCUT2D eigenvalue weighted by Crippen LogP contribution is 2.18. The largest absolute Gasteiger partial charge is 0.380 e. The maximum atomic E-state index is 5.37. The zero-order valence-corrected chi connectivity index (χ0v) is 9.68. The summed E-state index contributed by atoms with van der Waals surface area (Å²) >= 11 is 2.11. The van der Waals surface area contributed by atoms with Crippen molar-refractivity contribution in [2.45, 2.75) is 17.8 Å². The van der Waals surface area contributed by atoms with Crippen molar-refractivity contribution in [1.29, 1.82) is 0 Å². The number of likely N-dealkylation sites (tertiary alicyclic amines) is 1. The minimum atomic E-state index is 0.483. The number of thioether (sulfide) groups is 1. The molecule has 4 heteroatoms. The summed E-state index contributed by atoms with van der Waals surface area (Å²) in [6.45, 7) is 5.95. The first kappa shape index (κ1) is 10.7. The molecule has 2 saturated heterocycles. The Morgan fingerprint density at radius 2 is 2.50 bits per heavy atom. The van der Waals surface area contributed by atoms with Crippen molar-refractivity contribution in [3.8, 4) is 0 Å². The van der Waals surface area contributed by atoms with E-state index in [0.717, 1.165) is 11.8 Å². The first-order valence-corrected chi connectivity index (χ1v) is 6.51. The number of hydrogen-bond acceptors (Lipinski definition) is 4. The average Bonchev–Trinajstić information content (AvgIpc) is 2.67. The normalized spacial score (nSPS) is 34.9. The molecule has 0 spiro atoms. The minimum Gasteiger partial charge on any atom is -0.380 e. The van der Waals surface area contributed by atoms with Gasteiger partial charge in [0.1, 0.15) is 0 Å². The molecule has 2 rings (SSSR count). The predicted molar refractivity (Wildman–Crippen MR) is 61.0 cm³/mol. The van der Waals surface area contributed by atoms with Gasteiger partial charge in [-0.2, -0.15) is 11.8 Å². The third-order valence-electron chi connectivity index (χ3n) is 3.03. The molecule has 1 N–H and O–H groups in total. The molecule has 14 heavy (non-hydrogen) atoms. The van der Waals surface area contributed by atoms with Gasteiger partial charge in [-0.15, -0.1) is 0 Å². The second kappa shape index (κ2) is 5.35. The fourth-order valence-electron chi connectivity index (χ4n) is 2.18. The average molecular weight is 216 g/mol. The van der Waals surface area contributed by atoms with Crippen LogP contribution in [-0.4, -0.2) is 61.8 Å². The molecule has 3 nitrogen and oxygen atoms in total. The summed E-state index contributed by atoms with van der Waals surface area (Å²) in [4.78, 5) is 2.54. The molecule has 0 aromatic heterocycles. The maximum Gasteiger partial charge on any atom is 0.0710 e. The van der Waals surface area contributed by atoms with Crippen LogP contribution in [0, 0.1) is 0 Å². The van der Waals surface area contributed by atoms with Gasteiger partial charge in [0, 0.05) is 50.8 Å². The topological polar surface area (TPSA) is 24.5 Å². The number of hydrogen-bond donors (Lipinski definition) is 1. The van der Waals surface area contributed by atoms with Crippen molar-refractivity contribution in [1.82, 2.24) is 10.2 Å². The summed E-state index contributed by atoms with van der Waals surface area (Å²) in [6.07, 6.45) is 1.69. The van der Waals surface area contributed by atoms with E-state index in [0.29, 0.717) is 6.10 Å². The lowest BCUT2D eigenvalue weighted by molar-refractivity contribution is 0.108. The SMILES string of the molecule is COC1CCN(CC2CNCCS2)C1. The monoisotopic (exact) mass is 216 g/mol. The van der Waals surface area contributed by atoms with Crippen LogP contribution in [0.2, 0.25) is 0 Å². The number of rotatable bonds is 3. The van der Waals surface area contributed by atoms with Crippen molar-refractivity contribution in [2.75, 3.05) is 45.6 Å². The molecule has 2 fully saturated rings. The van der Waals surface area contributed by atoms with E-state index < -0.39 is 0 Å². The Bertz CT molecular complexity index is 174. The third kappa shape index (κ3) is 2.86. The zero-order valence-electron chi connectivity index (χ0n) is 8.87. The molecule has 0 amide bonds. The molecule has 82 valence electrons.